The molecule has 1 saturated heterocycles. The lowest BCUT2D eigenvalue weighted by Gasteiger charge is -2.34. The third-order valence-corrected chi connectivity index (χ3v) is 7.19. The Balaban J connectivity index is 1.92. The number of carboxylic acid groups (broad SMARTS) is 1. The maximum absolute atomic E-state index is 12.6. The SMILES string of the molecule is COCCS(=O)(=O)N1CCN(C(=O)CC(CC(=O)O)c2cccs2)CC1. The first-order valence-corrected chi connectivity index (χ1v) is 10.8. The smallest absolute Gasteiger partial charge is 0.304 e. The second-order valence-electron chi connectivity index (χ2n) is 6.10. The van der Waals surface area contributed by atoms with E-state index in [1.165, 1.54) is 22.8 Å². The average Bonchev–Trinajstić information content (AvgIpc) is 3.14. The van der Waals surface area contributed by atoms with Crippen LogP contribution in [0, 0.1) is 0 Å². The second kappa shape index (κ2) is 9.45. The zero-order valence-electron chi connectivity index (χ0n) is 14.7. The number of carboxylic acids is 1. The van der Waals surface area contributed by atoms with Crippen LogP contribution in [-0.2, 0) is 24.3 Å². The maximum Gasteiger partial charge on any atom is 0.304 e. The van der Waals surface area contributed by atoms with Gasteiger partial charge in [0.25, 0.3) is 0 Å². The minimum Gasteiger partial charge on any atom is -0.481 e. The lowest BCUT2D eigenvalue weighted by atomic mass is 9.98. The van der Waals surface area contributed by atoms with Crippen molar-refractivity contribution in [1.82, 2.24) is 9.21 Å². The fraction of sp³-hybridized carbons (Fsp3) is 0.625. The van der Waals surface area contributed by atoms with Crippen molar-refractivity contribution in [2.75, 3.05) is 45.6 Å². The van der Waals surface area contributed by atoms with Crippen LogP contribution in [0.2, 0.25) is 0 Å². The monoisotopic (exact) mass is 404 g/mol. The number of carbonyl (C=O) groups is 2. The summed E-state index contributed by atoms with van der Waals surface area (Å²) in [6.45, 7) is 1.27. The molecule has 1 amide bonds. The van der Waals surface area contributed by atoms with E-state index in [-0.39, 0.29) is 50.1 Å². The zero-order valence-corrected chi connectivity index (χ0v) is 16.3. The quantitative estimate of drug-likeness (QED) is 0.653. The van der Waals surface area contributed by atoms with Crippen LogP contribution in [0.1, 0.15) is 23.6 Å². The van der Waals surface area contributed by atoms with Crippen molar-refractivity contribution < 1.29 is 27.9 Å². The maximum atomic E-state index is 12.6. The van der Waals surface area contributed by atoms with E-state index in [9.17, 15) is 18.0 Å². The van der Waals surface area contributed by atoms with E-state index < -0.39 is 16.0 Å². The van der Waals surface area contributed by atoms with Crippen LogP contribution in [-0.4, -0.2) is 80.3 Å². The molecule has 26 heavy (non-hydrogen) atoms. The van der Waals surface area contributed by atoms with Crippen LogP contribution < -0.4 is 0 Å². The van der Waals surface area contributed by atoms with Gasteiger partial charge in [-0.1, -0.05) is 6.07 Å². The predicted octanol–water partition coefficient (Wildman–Crippen LogP) is 0.817. The summed E-state index contributed by atoms with van der Waals surface area (Å²) in [4.78, 5) is 26.2. The zero-order chi connectivity index (χ0) is 19.2. The van der Waals surface area contributed by atoms with Gasteiger partial charge in [0.15, 0.2) is 0 Å². The fourth-order valence-electron chi connectivity index (χ4n) is 2.88. The highest BCUT2D eigenvalue weighted by atomic mass is 32.2. The predicted molar refractivity (Wildman–Crippen MR) is 97.7 cm³/mol. The molecule has 0 saturated carbocycles. The van der Waals surface area contributed by atoms with E-state index in [2.05, 4.69) is 0 Å². The van der Waals surface area contributed by atoms with Gasteiger partial charge in [0.05, 0.1) is 18.8 Å². The van der Waals surface area contributed by atoms with Gasteiger partial charge in [0.2, 0.25) is 15.9 Å². The number of hydrogen-bond acceptors (Lipinski definition) is 6. The number of thiophene rings is 1. The van der Waals surface area contributed by atoms with Crippen molar-refractivity contribution in [1.29, 1.82) is 0 Å². The molecule has 0 aliphatic carbocycles. The van der Waals surface area contributed by atoms with E-state index in [1.54, 1.807) is 4.90 Å². The Morgan fingerprint density at radius 2 is 1.96 bits per heavy atom. The largest absolute Gasteiger partial charge is 0.481 e. The number of methoxy groups -OCH3 is 1. The number of rotatable bonds is 9. The van der Waals surface area contributed by atoms with Crippen LogP contribution in [0.3, 0.4) is 0 Å². The molecule has 1 aromatic heterocycles. The van der Waals surface area contributed by atoms with Crippen LogP contribution in [0.4, 0.5) is 0 Å². The highest BCUT2D eigenvalue weighted by Crippen LogP contribution is 2.28. The van der Waals surface area contributed by atoms with Gasteiger partial charge in [-0.2, -0.15) is 4.31 Å². The molecule has 1 aliphatic heterocycles. The van der Waals surface area contributed by atoms with Crippen LogP contribution in [0.5, 0.6) is 0 Å². The third-order valence-electron chi connectivity index (χ3n) is 4.32. The molecule has 1 aromatic rings. The molecule has 1 atom stereocenters. The van der Waals surface area contributed by atoms with E-state index in [4.69, 9.17) is 9.84 Å². The third kappa shape index (κ3) is 5.76. The molecular weight excluding hydrogens is 380 g/mol. The minimum atomic E-state index is -3.37. The number of amides is 1. The summed E-state index contributed by atoms with van der Waals surface area (Å²) in [5, 5.41) is 11.0. The van der Waals surface area contributed by atoms with E-state index in [0.717, 1.165) is 4.88 Å². The molecule has 0 spiro atoms. The molecule has 2 heterocycles. The molecule has 1 N–H and O–H groups in total. The molecule has 1 unspecified atom stereocenters. The Morgan fingerprint density at radius 1 is 1.27 bits per heavy atom. The van der Waals surface area contributed by atoms with Gasteiger partial charge in [-0.15, -0.1) is 11.3 Å². The highest BCUT2D eigenvalue weighted by molar-refractivity contribution is 7.89. The number of sulfonamides is 1. The van der Waals surface area contributed by atoms with Crippen LogP contribution in [0.25, 0.3) is 0 Å². The number of ether oxygens (including phenoxy) is 1. The number of nitrogens with zero attached hydrogens (tertiary/aromatic N) is 2. The van der Waals surface area contributed by atoms with Gasteiger partial charge in [-0.3, -0.25) is 9.59 Å². The summed E-state index contributed by atoms with van der Waals surface area (Å²) >= 11 is 1.44. The Morgan fingerprint density at radius 3 is 2.50 bits per heavy atom. The average molecular weight is 405 g/mol. The highest BCUT2D eigenvalue weighted by Gasteiger charge is 2.30. The number of aliphatic carboxylic acids is 1. The van der Waals surface area contributed by atoms with Gasteiger partial charge in [-0.25, -0.2) is 8.42 Å². The van der Waals surface area contributed by atoms with Gasteiger partial charge < -0.3 is 14.7 Å². The molecule has 0 radical (unpaired) electrons. The van der Waals surface area contributed by atoms with Gasteiger partial charge in [0.1, 0.15) is 0 Å². The summed E-state index contributed by atoms with van der Waals surface area (Å²) in [5.41, 5.74) is 0. The standard InChI is InChI=1S/C16H24N2O6S2/c1-24-8-10-26(22,23)18-6-4-17(5-7-18)15(19)11-13(12-16(20)21)14-3-2-9-25-14/h2-3,9,13H,4-8,10-12H2,1H3,(H,20,21). The van der Waals surface area contributed by atoms with E-state index >= 15 is 0 Å². The first-order valence-electron chi connectivity index (χ1n) is 8.33. The first kappa shape index (κ1) is 20.8. The molecule has 1 fully saturated rings. The van der Waals surface area contributed by atoms with E-state index in [0.29, 0.717) is 13.1 Å². The number of carbonyl (C=O) groups excluding carboxylic acids is 1. The minimum absolute atomic E-state index is 0.0729. The molecule has 0 aromatic carbocycles. The van der Waals surface area contributed by atoms with Crippen molar-refractivity contribution in [2.24, 2.45) is 0 Å². The molecule has 1 aliphatic rings. The van der Waals surface area contributed by atoms with Gasteiger partial charge in [-0.05, 0) is 11.4 Å². The number of hydrogen-bond donors (Lipinski definition) is 1. The molecule has 8 nitrogen and oxygen atoms in total. The van der Waals surface area contributed by atoms with Crippen LogP contribution >= 0.6 is 11.3 Å². The summed E-state index contributed by atoms with van der Waals surface area (Å²) in [6.07, 6.45) is 0.0147. The molecule has 2 rings (SSSR count). The molecular formula is C16H24N2O6S2. The summed E-state index contributed by atoms with van der Waals surface area (Å²) in [7, 11) is -1.92. The van der Waals surface area contributed by atoms with Crippen molar-refractivity contribution >= 4 is 33.2 Å². The number of piperazine rings is 1. The van der Waals surface area contributed by atoms with Crippen molar-refractivity contribution in [2.45, 2.75) is 18.8 Å². The summed E-state index contributed by atoms with van der Waals surface area (Å²) in [5.74, 6) is -1.51. The Bertz CT molecular complexity index is 696. The summed E-state index contributed by atoms with van der Waals surface area (Å²) < 4.78 is 30.5. The Kier molecular flexibility index (Phi) is 7.56. The Hall–Kier alpha value is -1.49. The lowest BCUT2D eigenvalue weighted by Crippen LogP contribution is -2.51. The second-order valence-corrected chi connectivity index (χ2v) is 9.17. The topological polar surface area (TPSA) is 104 Å². The van der Waals surface area contributed by atoms with Gasteiger partial charge in [0, 0.05) is 50.5 Å². The van der Waals surface area contributed by atoms with E-state index in [1.807, 2.05) is 17.5 Å². The van der Waals surface area contributed by atoms with Crippen molar-refractivity contribution in [3.8, 4) is 0 Å². The molecule has 10 heteroatoms. The van der Waals surface area contributed by atoms with Crippen molar-refractivity contribution in [3.05, 3.63) is 22.4 Å². The molecule has 0 bridgehead atoms. The first-order chi connectivity index (χ1) is 12.3. The normalized spacial score (nSPS) is 17.2. The fourth-order valence-corrected chi connectivity index (χ4v) is 5.07. The molecule has 146 valence electrons. The summed E-state index contributed by atoms with van der Waals surface area (Å²) in [6, 6.07) is 3.68. The van der Waals surface area contributed by atoms with Crippen LogP contribution in [0.15, 0.2) is 17.5 Å². The van der Waals surface area contributed by atoms with Crippen molar-refractivity contribution in [3.63, 3.8) is 0 Å². The Labute approximate surface area is 157 Å². The lowest BCUT2D eigenvalue weighted by molar-refractivity contribution is -0.138. The van der Waals surface area contributed by atoms with Gasteiger partial charge >= 0.3 is 5.97 Å².